The second kappa shape index (κ2) is 9.50. The van der Waals surface area contributed by atoms with Crippen molar-refractivity contribution in [2.45, 2.75) is 32.2 Å². The summed E-state index contributed by atoms with van der Waals surface area (Å²) in [6, 6.07) is 6.93. The number of aryl methyl sites for hydroxylation is 1. The van der Waals surface area contributed by atoms with E-state index in [4.69, 9.17) is 5.73 Å². The second-order valence-electron chi connectivity index (χ2n) is 7.61. The Balaban J connectivity index is 1.18. The van der Waals surface area contributed by atoms with Crippen LogP contribution in [0.3, 0.4) is 0 Å². The minimum Gasteiger partial charge on any atom is -0.366 e. The van der Waals surface area contributed by atoms with E-state index >= 15 is 0 Å². The maximum Gasteiger partial charge on any atom is 0.248 e. The standard InChI is InChI=1S/C21H26N8O2/c22-20(31)16-6-7-17-18(15-16)29(26-25-17)10-3-1-2-5-19(30)27-11-13-28(14-12-27)21-23-8-4-9-24-21/h4,6-9,15H,1-3,5,10-14H2,(H2,22,31). The quantitative estimate of drug-likeness (QED) is 0.542. The smallest absolute Gasteiger partial charge is 0.248 e. The Morgan fingerprint density at radius 2 is 1.77 bits per heavy atom. The van der Waals surface area contributed by atoms with Crippen molar-refractivity contribution in [2.24, 2.45) is 5.73 Å². The summed E-state index contributed by atoms with van der Waals surface area (Å²) in [5, 5.41) is 8.28. The van der Waals surface area contributed by atoms with E-state index in [1.807, 2.05) is 4.90 Å². The SMILES string of the molecule is NC(=O)c1ccc2nnn(CCCCCC(=O)N3CCN(c4ncccn4)CC3)c2c1. The number of aromatic nitrogens is 5. The number of unbranched alkanes of at least 4 members (excludes halogenated alkanes) is 2. The van der Waals surface area contributed by atoms with Crippen LogP contribution in [-0.4, -0.2) is 67.9 Å². The van der Waals surface area contributed by atoms with Crippen LogP contribution in [0.2, 0.25) is 0 Å². The minimum atomic E-state index is -0.467. The van der Waals surface area contributed by atoms with Crippen molar-refractivity contribution < 1.29 is 9.59 Å². The van der Waals surface area contributed by atoms with E-state index in [2.05, 4.69) is 25.2 Å². The molecule has 162 valence electrons. The molecule has 4 rings (SSSR count). The molecule has 1 saturated heterocycles. The van der Waals surface area contributed by atoms with Crippen molar-refractivity contribution in [3.63, 3.8) is 0 Å². The van der Waals surface area contributed by atoms with Crippen LogP contribution in [0, 0.1) is 0 Å². The number of hydrogen-bond acceptors (Lipinski definition) is 7. The largest absolute Gasteiger partial charge is 0.366 e. The van der Waals surface area contributed by atoms with E-state index in [1.54, 1.807) is 41.3 Å². The predicted molar refractivity (Wildman–Crippen MR) is 115 cm³/mol. The number of carbonyl (C=O) groups excluding carboxylic acids is 2. The van der Waals surface area contributed by atoms with Gasteiger partial charge in [-0.25, -0.2) is 14.6 Å². The molecule has 2 aromatic heterocycles. The first kappa shape index (κ1) is 20.7. The van der Waals surface area contributed by atoms with Gasteiger partial charge in [-0.2, -0.15) is 0 Å². The van der Waals surface area contributed by atoms with Crippen molar-refractivity contribution in [1.29, 1.82) is 0 Å². The topological polar surface area (TPSA) is 123 Å². The molecular formula is C21H26N8O2. The monoisotopic (exact) mass is 422 g/mol. The number of hydrogen-bond donors (Lipinski definition) is 1. The number of nitrogens with zero attached hydrogens (tertiary/aromatic N) is 7. The lowest BCUT2D eigenvalue weighted by Crippen LogP contribution is -2.49. The van der Waals surface area contributed by atoms with Gasteiger partial charge in [0.05, 0.1) is 5.52 Å². The lowest BCUT2D eigenvalue weighted by molar-refractivity contribution is -0.131. The van der Waals surface area contributed by atoms with Crippen molar-refractivity contribution in [3.05, 3.63) is 42.2 Å². The summed E-state index contributed by atoms with van der Waals surface area (Å²) in [7, 11) is 0. The van der Waals surface area contributed by atoms with E-state index in [-0.39, 0.29) is 5.91 Å². The molecular weight excluding hydrogens is 396 g/mol. The Labute approximate surface area is 180 Å². The number of primary amides is 1. The minimum absolute atomic E-state index is 0.200. The summed E-state index contributed by atoms with van der Waals surface area (Å²) < 4.78 is 1.79. The zero-order chi connectivity index (χ0) is 21.6. The van der Waals surface area contributed by atoms with Gasteiger partial charge < -0.3 is 15.5 Å². The summed E-state index contributed by atoms with van der Waals surface area (Å²) in [5.41, 5.74) is 7.34. The lowest BCUT2D eigenvalue weighted by atomic mass is 10.1. The number of nitrogens with two attached hydrogens (primary N) is 1. The third-order valence-corrected chi connectivity index (χ3v) is 5.53. The molecule has 0 saturated carbocycles. The number of piperazine rings is 1. The average molecular weight is 422 g/mol. The third kappa shape index (κ3) is 4.96. The molecule has 1 aliphatic rings. The van der Waals surface area contributed by atoms with Gasteiger partial charge in [0.1, 0.15) is 5.52 Å². The van der Waals surface area contributed by atoms with Crippen LogP contribution in [0.25, 0.3) is 11.0 Å². The van der Waals surface area contributed by atoms with Gasteiger partial charge in [-0.1, -0.05) is 11.6 Å². The Bertz CT molecular complexity index is 1040. The molecule has 2 N–H and O–H groups in total. The van der Waals surface area contributed by atoms with Crippen LogP contribution in [0.5, 0.6) is 0 Å². The highest BCUT2D eigenvalue weighted by molar-refractivity contribution is 5.96. The van der Waals surface area contributed by atoms with Crippen LogP contribution in [0.1, 0.15) is 36.0 Å². The van der Waals surface area contributed by atoms with Crippen molar-refractivity contribution in [2.75, 3.05) is 31.1 Å². The van der Waals surface area contributed by atoms with Gasteiger partial charge in [-0.3, -0.25) is 9.59 Å². The molecule has 0 bridgehead atoms. The second-order valence-corrected chi connectivity index (χ2v) is 7.61. The number of benzene rings is 1. The lowest BCUT2D eigenvalue weighted by Gasteiger charge is -2.34. The zero-order valence-electron chi connectivity index (χ0n) is 17.4. The summed E-state index contributed by atoms with van der Waals surface area (Å²) in [6.07, 6.45) is 6.65. The molecule has 10 heteroatoms. The third-order valence-electron chi connectivity index (χ3n) is 5.53. The Morgan fingerprint density at radius 1 is 1.00 bits per heavy atom. The number of amides is 2. The summed E-state index contributed by atoms with van der Waals surface area (Å²) in [5.74, 6) is 0.453. The molecule has 1 aliphatic heterocycles. The van der Waals surface area contributed by atoms with Gasteiger partial charge in [0, 0.05) is 57.1 Å². The molecule has 0 spiro atoms. The molecule has 0 radical (unpaired) electrons. The zero-order valence-corrected chi connectivity index (χ0v) is 17.4. The maximum absolute atomic E-state index is 12.5. The fourth-order valence-electron chi connectivity index (χ4n) is 3.77. The normalized spacial score (nSPS) is 14.2. The van der Waals surface area contributed by atoms with Gasteiger partial charge in [-0.05, 0) is 37.1 Å². The van der Waals surface area contributed by atoms with E-state index in [9.17, 15) is 9.59 Å². The van der Waals surface area contributed by atoms with Crippen LogP contribution >= 0.6 is 0 Å². The molecule has 31 heavy (non-hydrogen) atoms. The first-order chi connectivity index (χ1) is 15.1. The fraction of sp³-hybridized carbons (Fsp3) is 0.429. The van der Waals surface area contributed by atoms with E-state index in [0.29, 0.717) is 31.6 Å². The molecule has 1 fully saturated rings. The molecule has 1 aromatic carbocycles. The Morgan fingerprint density at radius 3 is 2.52 bits per heavy atom. The summed E-state index contributed by atoms with van der Waals surface area (Å²) >= 11 is 0. The molecule has 3 heterocycles. The van der Waals surface area contributed by atoms with Crippen LogP contribution in [0.15, 0.2) is 36.7 Å². The number of fused-ring (bicyclic) bond motifs is 1. The van der Waals surface area contributed by atoms with Gasteiger partial charge in [0.2, 0.25) is 17.8 Å². The van der Waals surface area contributed by atoms with Crippen molar-refractivity contribution in [3.8, 4) is 0 Å². The molecule has 10 nitrogen and oxygen atoms in total. The fourth-order valence-corrected chi connectivity index (χ4v) is 3.77. The van der Waals surface area contributed by atoms with E-state index in [0.717, 1.165) is 49.3 Å². The maximum atomic E-state index is 12.5. The van der Waals surface area contributed by atoms with Crippen molar-refractivity contribution >= 4 is 28.8 Å². The first-order valence-corrected chi connectivity index (χ1v) is 10.5. The molecule has 0 aliphatic carbocycles. The highest BCUT2D eigenvalue weighted by atomic mass is 16.2. The van der Waals surface area contributed by atoms with E-state index < -0.39 is 5.91 Å². The highest BCUT2D eigenvalue weighted by Gasteiger charge is 2.21. The highest BCUT2D eigenvalue weighted by Crippen LogP contribution is 2.15. The number of carbonyl (C=O) groups is 2. The molecule has 0 unspecified atom stereocenters. The van der Waals surface area contributed by atoms with Gasteiger partial charge in [-0.15, -0.1) is 5.10 Å². The van der Waals surface area contributed by atoms with Crippen LogP contribution in [-0.2, 0) is 11.3 Å². The Kier molecular flexibility index (Phi) is 6.34. The van der Waals surface area contributed by atoms with Gasteiger partial charge >= 0.3 is 0 Å². The molecule has 3 aromatic rings. The van der Waals surface area contributed by atoms with Crippen molar-refractivity contribution in [1.82, 2.24) is 29.9 Å². The van der Waals surface area contributed by atoms with Gasteiger partial charge in [0.15, 0.2) is 0 Å². The van der Waals surface area contributed by atoms with Crippen LogP contribution < -0.4 is 10.6 Å². The average Bonchev–Trinajstić information content (AvgIpc) is 3.21. The van der Waals surface area contributed by atoms with Gasteiger partial charge in [0.25, 0.3) is 0 Å². The molecule has 0 atom stereocenters. The first-order valence-electron chi connectivity index (χ1n) is 10.5. The predicted octanol–water partition coefficient (Wildman–Crippen LogP) is 1.23. The molecule has 2 amide bonds. The number of anilines is 1. The van der Waals surface area contributed by atoms with Crippen LogP contribution in [0.4, 0.5) is 5.95 Å². The number of rotatable bonds is 8. The Hall–Kier alpha value is -3.56. The summed E-state index contributed by atoms with van der Waals surface area (Å²) in [4.78, 5) is 36.5. The van der Waals surface area contributed by atoms with E-state index in [1.165, 1.54) is 0 Å². The summed E-state index contributed by atoms with van der Waals surface area (Å²) in [6.45, 7) is 3.59.